The third-order valence-corrected chi connectivity index (χ3v) is 5.49. The van der Waals surface area contributed by atoms with Crippen LogP contribution in [0.15, 0.2) is 0 Å². The Balaban J connectivity index is 4.81. The minimum atomic E-state index is -3.03. The SMILES string of the molecule is CC(C)(C)CCS(=O)(=O)C(C)(C)CC(C)(C)C. The molecule has 0 aromatic rings. The minimum absolute atomic E-state index is 0.0400. The van der Waals surface area contributed by atoms with Gasteiger partial charge in [-0.05, 0) is 37.5 Å². The number of rotatable bonds is 4. The molecule has 0 rings (SSSR count). The summed E-state index contributed by atoms with van der Waals surface area (Å²) in [6, 6.07) is 0. The zero-order valence-electron chi connectivity index (χ0n) is 12.8. The Kier molecular flexibility index (Phi) is 4.89. The van der Waals surface area contributed by atoms with Gasteiger partial charge in [0.25, 0.3) is 0 Å². The molecule has 104 valence electrons. The molecule has 3 heteroatoms. The predicted octanol–water partition coefficient (Wildman–Crippen LogP) is 4.05. The molecule has 0 N–H and O–H groups in total. The summed E-state index contributed by atoms with van der Waals surface area (Å²) in [5, 5.41) is 0. The molecule has 0 unspecified atom stereocenters. The second-order valence-corrected chi connectivity index (χ2v) is 10.9. The van der Waals surface area contributed by atoms with Gasteiger partial charge in [0, 0.05) is 0 Å². The lowest BCUT2D eigenvalue weighted by Gasteiger charge is -2.33. The first-order chi connectivity index (χ1) is 7.16. The van der Waals surface area contributed by atoms with Gasteiger partial charge in [-0.1, -0.05) is 41.5 Å². The van der Waals surface area contributed by atoms with Crippen LogP contribution in [0.4, 0.5) is 0 Å². The highest BCUT2D eigenvalue weighted by Crippen LogP contribution is 2.34. The van der Waals surface area contributed by atoms with Gasteiger partial charge in [-0.25, -0.2) is 8.42 Å². The van der Waals surface area contributed by atoms with E-state index in [4.69, 9.17) is 0 Å². The highest BCUT2D eigenvalue weighted by Gasteiger charge is 2.37. The Hall–Kier alpha value is -0.0500. The van der Waals surface area contributed by atoms with Crippen LogP contribution in [0.2, 0.25) is 0 Å². The molecular weight excluding hydrogens is 232 g/mol. The van der Waals surface area contributed by atoms with E-state index in [1.54, 1.807) is 0 Å². The van der Waals surface area contributed by atoms with Gasteiger partial charge in [0.15, 0.2) is 9.84 Å². The first-order valence-electron chi connectivity index (χ1n) is 6.39. The van der Waals surface area contributed by atoms with E-state index in [2.05, 4.69) is 41.5 Å². The van der Waals surface area contributed by atoms with Crippen LogP contribution in [0.1, 0.15) is 68.2 Å². The van der Waals surface area contributed by atoms with Crippen molar-refractivity contribution in [2.45, 2.75) is 73.0 Å². The fraction of sp³-hybridized carbons (Fsp3) is 1.00. The first kappa shape index (κ1) is 16.9. The standard InChI is InChI=1S/C14H30O2S/c1-12(2,3)9-10-17(15,16)14(7,8)11-13(4,5)6/h9-11H2,1-8H3. The Labute approximate surface area is 108 Å². The second kappa shape index (κ2) is 4.91. The van der Waals surface area contributed by atoms with Crippen molar-refractivity contribution in [3.63, 3.8) is 0 Å². The number of hydrogen-bond acceptors (Lipinski definition) is 2. The maximum absolute atomic E-state index is 12.4. The molecule has 2 nitrogen and oxygen atoms in total. The zero-order chi connectivity index (χ0) is 14.1. The van der Waals surface area contributed by atoms with Crippen LogP contribution in [0.5, 0.6) is 0 Å². The lowest BCUT2D eigenvalue weighted by molar-refractivity contribution is 0.327. The fourth-order valence-corrected chi connectivity index (χ4v) is 4.19. The molecule has 0 fully saturated rings. The summed E-state index contributed by atoms with van der Waals surface area (Å²) in [4.78, 5) is 0. The molecule has 0 atom stereocenters. The van der Waals surface area contributed by atoms with Crippen LogP contribution in [0.3, 0.4) is 0 Å². The molecule has 0 aromatic carbocycles. The lowest BCUT2D eigenvalue weighted by Crippen LogP contribution is -2.38. The molecular formula is C14H30O2S. The summed E-state index contributed by atoms with van der Waals surface area (Å²) in [6.07, 6.45) is 1.43. The van der Waals surface area contributed by atoms with Crippen LogP contribution in [-0.2, 0) is 9.84 Å². The maximum atomic E-state index is 12.4. The molecule has 0 saturated heterocycles. The molecule has 17 heavy (non-hydrogen) atoms. The second-order valence-electron chi connectivity index (χ2n) is 8.13. The smallest absolute Gasteiger partial charge is 0.155 e. The van der Waals surface area contributed by atoms with E-state index in [0.29, 0.717) is 12.2 Å². The summed E-state index contributed by atoms with van der Waals surface area (Å²) < 4.78 is 24.1. The Bertz CT molecular complexity index is 337. The van der Waals surface area contributed by atoms with E-state index >= 15 is 0 Å². The largest absolute Gasteiger partial charge is 0.228 e. The van der Waals surface area contributed by atoms with E-state index < -0.39 is 14.6 Å². The van der Waals surface area contributed by atoms with Gasteiger partial charge >= 0.3 is 0 Å². The summed E-state index contributed by atoms with van der Waals surface area (Å²) >= 11 is 0. The average Bonchev–Trinajstić information content (AvgIpc) is 1.94. The minimum Gasteiger partial charge on any atom is -0.228 e. The van der Waals surface area contributed by atoms with Crippen LogP contribution in [-0.4, -0.2) is 18.9 Å². The third-order valence-electron chi connectivity index (χ3n) is 2.92. The number of hydrogen-bond donors (Lipinski definition) is 0. The molecule has 0 saturated carbocycles. The van der Waals surface area contributed by atoms with Crippen molar-refractivity contribution in [1.29, 1.82) is 0 Å². The van der Waals surface area contributed by atoms with Gasteiger partial charge in [0.1, 0.15) is 0 Å². The van der Waals surface area contributed by atoms with Crippen molar-refractivity contribution >= 4 is 9.84 Å². The van der Waals surface area contributed by atoms with Crippen LogP contribution in [0.25, 0.3) is 0 Å². The van der Waals surface area contributed by atoms with Crippen molar-refractivity contribution in [3.8, 4) is 0 Å². The van der Waals surface area contributed by atoms with E-state index in [-0.39, 0.29) is 10.8 Å². The molecule has 0 amide bonds. The van der Waals surface area contributed by atoms with Crippen molar-refractivity contribution in [2.75, 3.05) is 5.75 Å². The van der Waals surface area contributed by atoms with Crippen molar-refractivity contribution in [1.82, 2.24) is 0 Å². The summed E-state index contributed by atoms with van der Waals surface area (Å²) in [7, 11) is -3.03. The van der Waals surface area contributed by atoms with Gasteiger partial charge in [-0.3, -0.25) is 0 Å². The Morgan fingerprint density at radius 1 is 0.765 bits per heavy atom. The van der Waals surface area contributed by atoms with Crippen LogP contribution in [0, 0.1) is 10.8 Å². The molecule has 0 spiro atoms. The lowest BCUT2D eigenvalue weighted by atomic mass is 9.86. The van der Waals surface area contributed by atoms with E-state index in [9.17, 15) is 8.42 Å². The van der Waals surface area contributed by atoms with E-state index in [1.807, 2.05) is 13.8 Å². The first-order valence-corrected chi connectivity index (χ1v) is 8.04. The molecule has 0 bridgehead atoms. The third kappa shape index (κ3) is 6.44. The van der Waals surface area contributed by atoms with Crippen LogP contribution < -0.4 is 0 Å². The average molecular weight is 262 g/mol. The highest BCUT2D eigenvalue weighted by atomic mass is 32.2. The molecule has 0 aliphatic carbocycles. The molecule has 0 aromatic heterocycles. The summed E-state index contributed by atoms with van der Waals surface area (Å²) in [5.41, 5.74) is 0.114. The van der Waals surface area contributed by atoms with Gasteiger partial charge in [0.05, 0.1) is 10.5 Å². The molecule has 0 radical (unpaired) electrons. The summed E-state index contributed by atoms with van der Waals surface area (Å²) in [6.45, 7) is 16.2. The van der Waals surface area contributed by atoms with Gasteiger partial charge in [-0.15, -0.1) is 0 Å². The van der Waals surface area contributed by atoms with Gasteiger partial charge in [-0.2, -0.15) is 0 Å². The molecule has 0 aliphatic rings. The number of sulfone groups is 1. The quantitative estimate of drug-likeness (QED) is 0.766. The zero-order valence-corrected chi connectivity index (χ0v) is 13.7. The fourth-order valence-electron chi connectivity index (χ4n) is 2.10. The van der Waals surface area contributed by atoms with Gasteiger partial charge in [0.2, 0.25) is 0 Å². The highest BCUT2D eigenvalue weighted by molar-refractivity contribution is 7.92. The van der Waals surface area contributed by atoms with Gasteiger partial charge < -0.3 is 0 Å². The Morgan fingerprint density at radius 2 is 1.18 bits per heavy atom. The predicted molar refractivity (Wildman–Crippen MR) is 76.0 cm³/mol. The van der Waals surface area contributed by atoms with E-state index in [1.165, 1.54) is 0 Å². The van der Waals surface area contributed by atoms with E-state index in [0.717, 1.165) is 6.42 Å². The Morgan fingerprint density at radius 3 is 1.47 bits per heavy atom. The monoisotopic (exact) mass is 262 g/mol. The normalized spacial score (nSPS) is 15.1. The molecule has 0 aliphatic heterocycles. The van der Waals surface area contributed by atoms with Crippen LogP contribution >= 0.6 is 0 Å². The van der Waals surface area contributed by atoms with Crippen molar-refractivity contribution < 1.29 is 8.42 Å². The van der Waals surface area contributed by atoms with Crippen molar-refractivity contribution in [3.05, 3.63) is 0 Å². The molecule has 0 heterocycles. The summed E-state index contributed by atoms with van der Waals surface area (Å²) in [5.74, 6) is 0.291. The topological polar surface area (TPSA) is 34.1 Å². The maximum Gasteiger partial charge on any atom is 0.155 e. The van der Waals surface area contributed by atoms with Crippen molar-refractivity contribution in [2.24, 2.45) is 10.8 Å².